The van der Waals surface area contributed by atoms with Crippen molar-refractivity contribution in [1.82, 2.24) is 0 Å². The lowest BCUT2D eigenvalue weighted by Gasteiger charge is -2.11. The molecule has 21 heavy (non-hydrogen) atoms. The van der Waals surface area contributed by atoms with Crippen LogP contribution in [0.1, 0.15) is 10.4 Å². The van der Waals surface area contributed by atoms with Gasteiger partial charge in [0.05, 0.1) is 22.8 Å². The minimum atomic E-state index is -0.473. The molecule has 7 heteroatoms. The number of nitrogens with one attached hydrogen (secondary N) is 1. The number of rotatable bonds is 3. The van der Waals surface area contributed by atoms with Crippen LogP contribution in [0.4, 0.5) is 5.69 Å². The Morgan fingerprint density at radius 2 is 1.76 bits per heavy atom. The van der Waals surface area contributed by atoms with Gasteiger partial charge in [-0.3, -0.25) is 4.79 Å². The van der Waals surface area contributed by atoms with E-state index in [0.717, 1.165) is 0 Å². The summed E-state index contributed by atoms with van der Waals surface area (Å²) in [7, 11) is 1.42. The van der Waals surface area contributed by atoms with Gasteiger partial charge in [0.1, 0.15) is 0 Å². The van der Waals surface area contributed by atoms with Crippen molar-refractivity contribution in [2.75, 3.05) is 12.4 Å². The van der Waals surface area contributed by atoms with E-state index in [-0.39, 0.29) is 32.8 Å². The Labute approximate surface area is 136 Å². The highest BCUT2D eigenvalue weighted by Crippen LogP contribution is 2.34. The second-order valence-corrected chi connectivity index (χ2v) is 5.34. The van der Waals surface area contributed by atoms with Crippen molar-refractivity contribution in [1.29, 1.82) is 0 Å². The Morgan fingerprint density at radius 1 is 1.14 bits per heavy atom. The Balaban J connectivity index is 2.28. The van der Waals surface area contributed by atoms with Gasteiger partial charge in [0, 0.05) is 10.6 Å². The predicted molar refractivity (Wildman–Crippen MR) is 84.1 cm³/mol. The quantitative estimate of drug-likeness (QED) is 0.853. The topological polar surface area (TPSA) is 58.6 Å². The molecule has 0 fully saturated rings. The smallest absolute Gasteiger partial charge is 0.255 e. The number of benzene rings is 2. The first-order valence-electron chi connectivity index (χ1n) is 5.75. The number of amides is 1. The molecule has 0 bridgehead atoms. The first-order valence-corrected chi connectivity index (χ1v) is 6.88. The van der Waals surface area contributed by atoms with E-state index in [1.807, 2.05) is 0 Å². The molecule has 0 spiro atoms. The third-order valence-electron chi connectivity index (χ3n) is 2.69. The second-order valence-electron chi connectivity index (χ2n) is 4.09. The molecule has 2 rings (SSSR count). The van der Waals surface area contributed by atoms with Crippen LogP contribution in [-0.2, 0) is 0 Å². The monoisotopic (exact) mass is 345 g/mol. The largest absolute Gasteiger partial charge is 0.504 e. The number of halogens is 3. The minimum Gasteiger partial charge on any atom is -0.504 e. The van der Waals surface area contributed by atoms with Crippen LogP contribution in [0.2, 0.25) is 15.1 Å². The lowest BCUT2D eigenvalue weighted by atomic mass is 10.2. The normalized spacial score (nSPS) is 10.3. The Kier molecular flexibility index (Phi) is 4.83. The molecule has 2 N–H and O–H groups in total. The van der Waals surface area contributed by atoms with Crippen LogP contribution in [0.25, 0.3) is 0 Å². The maximum atomic E-state index is 12.1. The summed E-state index contributed by atoms with van der Waals surface area (Å²) in [5.74, 6) is -0.341. The van der Waals surface area contributed by atoms with Crippen molar-refractivity contribution in [2.45, 2.75) is 0 Å². The summed E-state index contributed by atoms with van der Waals surface area (Å²) in [6.45, 7) is 0. The van der Waals surface area contributed by atoms with Gasteiger partial charge in [0.15, 0.2) is 11.5 Å². The molecule has 0 saturated carbocycles. The van der Waals surface area contributed by atoms with Crippen LogP contribution in [0.5, 0.6) is 11.5 Å². The van der Waals surface area contributed by atoms with Crippen LogP contribution in [0, 0.1) is 0 Å². The summed E-state index contributed by atoms with van der Waals surface area (Å²) < 4.78 is 4.91. The molecule has 0 aliphatic heterocycles. The highest BCUT2D eigenvalue weighted by Gasteiger charge is 2.14. The van der Waals surface area contributed by atoms with E-state index < -0.39 is 5.91 Å². The Bertz CT molecular complexity index is 681. The highest BCUT2D eigenvalue weighted by atomic mass is 35.5. The minimum absolute atomic E-state index is 0.140. The lowest BCUT2D eigenvalue weighted by Crippen LogP contribution is -2.12. The van der Waals surface area contributed by atoms with Crippen molar-refractivity contribution in [3.05, 3.63) is 51.0 Å². The highest BCUT2D eigenvalue weighted by molar-refractivity contribution is 6.42. The van der Waals surface area contributed by atoms with Gasteiger partial charge in [0.25, 0.3) is 5.91 Å². The molecule has 0 aliphatic carbocycles. The Hall–Kier alpha value is -1.62. The number of phenols is 1. The fourth-order valence-corrected chi connectivity index (χ4v) is 2.59. The van der Waals surface area contributed by atoms with Crippen molar-refractivity contribution >= 4 is 46.4 Å². The van der Waals surface area contributed by atoms with Crippen molar-refractivity contribution in [2.24, 2.45) is 0 Å². The van der Waals surface area contributed by atoms with Gasteiger partial charge in [-0.1, -0.05) is 34.8 Å². The van der Waals surface area contributed by atoms with E-state index in [2.05, 4.69) is 5.32 Å². The summed E-state index contributed by atoms with van der Waals surface area (Å²) in [4.78, 5) is 12.1. The average molecular weight is 347 g/mol. The average Bonchev–Trinajstić information content (AvgIpc) is 2.42. The maximum Gasteiger partial charge on any atom is 0.255 e. The van der Waals surface area contributed by atoms with Gasteiger partial charge in [-0.05, 0) is 30.3 Å². The van der Waals surface area contributed by atoms with Gasteiger partial charge in [-0.25, -0.2) is 0 Å². The van der Waals surface area contributed by atoms with E-state index in [9.17, 15) is 9.90 Å². The van der Waals surface area contributed by atoms with E-state index >= 15 is 0 Å². The molecule has 2 aromatic carbocycles. The summed E-state index contributed by atoms with van der Waals surface area (Å²) in [6.07, 6.45) is 0. The molecule has 2 aromatic rings. The molecule has 0 aliphatic rings. The van der Waals surface area contributed by atoms with E-state index in [0.29, 0.717) is 5.02 Å². The Morgan fingerprint density at radius 3 is 2.29 bits per heavy atom. The summed E-state index contributed by atoms with van der Waals surface area (Å²) in [5.41, 5.74) is 0.485. The SMILES string of the molecule is COc1ccc(C(=O)Nc2c(Cl)cc(Cl)cc2Cl)cc1O. The molecule has 1 amide bonds. The second kappa shape index (κ2) is 6.43. The summed E-state index contributed by atoms with van der Waals surface area (Å²) >= 11 is 17.8. The molecule has 4 nitrogen and oxygen atoms in total. The van der Waals surface area contributed by atoms with Gasteiger partial charge < -0.3 is 15.2 Å². The zero-order valence-electron chi connectivity index (χ0n) is 10.8. The van der Waals surface area contributed by atoms with Crippen LogP contribution < -0.4 is 10.1 Å². The molecule has 0 unspecified atom stereocenters. The molecular weight excluding hydrogens is 337 g/mol. The number of carbonyl (C=O) groups is 1. The summed E-state index contributed by atoms with van der Waals surface area (Å²) in [6, 6.07) is 7.21. The van der Waals surface area contributed by atoms with Gasteiger partial charge in [-0.2, -0.15) is 0 Å². The molecule has 0 saturated heterocycles. The standard InChI is InChI=1S/C14H10Cl3NO3/c1-21-12-3-2-7(4-11(12)19)14(20)18-13-9(16)5-8(15)6-10(13)17/h2-6,19H,1H3,(H,18,20). The number of aromatic hydroxyl groups is 1. The van der Waals surface area contributed by atoms with Crippen LogP contribution >= 0.6 is 34.8 Å². The van der Waals surface area contributed by atoms with E-state index in [1.54, 1.807) is 0 Å². The number of carbonyl (C=O) groups excluding carboxylic acids is 1. The predicted octanol–water partition coefficient (Wildman–Crippen LogP) is 4.61. The van der Waals surface area contributed by atoms with Gasteiger partial charge in [-0.15, -0.1) is 0 Å². The number of hydrogen-bond acceptors (Lipinski definition) is 3. The van der Waals surface area contributed by atoms with Crippen molar-refractivity contribution < 1.29 is 14.6 Å². The fraction of sp³-hybridized carbons (Fsp3) is 0.0714. The fourth-order valence-electron chi connectivity index (χ4n) is 1.68. The first kappa shape index (κ1) is 15.8. The number of methoxy groups -OCH3 is 1. The number of anilines is 1. The molecule has 0 radical (unpaired) electrons. The number of ether oxygens (including phenoxy) is 1. The van der Waals surface area contributed by atoms with Crippen LogP contribution in [0.15, 0.2) is 30.3 Å². The third kappa shape index (κ3) is 3.53. The van der Waals surface area contributed by atoms with E-state index in [1.165, 1.54) is 37.4 Å². The number of hydrogen-bond donors (Lipinski definition) is 2. The van der Waals surface area contributed by atoms with Crippen LogP contribution in [0.3, 0.4) is 0 Å². The third-order valence-corrected chi connectivity index (χ3v) is 3.50. The summed E-state index contributed by atoms with van der Waals surface area (Å²) in [5, 5.41) is 13.1. The maximum absolute atomic E-state index is 12.1. The van der Waals surface area contributed by atoms with Gasteiger partial charge >= 0.3 is 0 Å². The lowest BCUT2D eigenvalue weighted by molar-refractivity contribution is 0.102. The van der Waals surface area contributed by atoms with Crippen LogP contribution in [-0.4, -0.2) is 18.1 Å². The first-order chi connectivity index (χ1) is 9.92. The van der Waals surface area contributed by atoms with E-state index in [4.69, 9.17) is 39.5 Å². The zero-order valence-corrected chi connectivity index (χ0v) is 13.1. The van der Waals surface area contributed by atoms with Crippen molar-refractivity contribution in [3.63, 3.8) is 0 Å². The van der Waals surface area contributed by atoms with Crippen molar-refractivity contribution in [3.8, 4) is 11.5 Å². The molecule has 0 atom stereocenters. The van der Waals surface area contributed by atoms with Gasteiger partial charge in [0.2, 0.25) is 0 Å². The number of phenolic OH excluding ortho intramolecular Hbond substituents is 1. The zero-order chi connectivity index (χ0) is 15.6. The molecule has 0 heterocycles. The molecule has 0 aromatic heterocycles. The molecular formula is C14H10Cl3NO3. The molecule has 110 valence electrons.